The molecule has 1 aromatic heterocycles. The van der Waals surface area contributed by atoms with Gasteiger partial charge in [0.05, 0.1) is 17.2 Å². The number of hydrogen-bond acceptors (Lipinski definition) is 3. The van der Waals surface area contributed by atoms with E-state index in [1.165, 1.54) is 0 Å². The lowest BCUT2D eigenvalue weighted by atomic mass is 10.1. The second-order valence-corrected chi connectivity index (χ2v) is 5.04. The number of aromatic nitrogens is 1. The van der Waals surface area contributed by atoms with Crippen molar-refractivity contribution in [2.45, 2.75) is 13.0 Å². The van der Waals surface area contributed by atoms with E-state index in [0.29, 0.717) is 6.04 Å². The van der Waals surface area contributed by atoms with Crippen LogP contribution in [0.5, 0.6) is 0 Å². The van der Waals surface area contributed by atoms with Gasteiger partial charge >= 0.3 is 0 Å². The molecule has 1 N–H and O–H groups in total. The van der Waals surface area contributed by atoms with Crippen LogP contribution in [0, 0.1) is 0 Å². The number of benzene rings is 1. The average Bonchev–Trinajstić information content (AvgIpc) is 2.38. The summed E-state index contributed by atoms with van der Waals surface area (Å²) in [5, 5.41) is 4.45. The molecule has 0 radical (unpaired) electrons. The van der Waals surface area contributed by atoms with Gasteiger partial charge in [-0.05, 0) is 13.0 Å². The summed E-state index contributed by atoms with van der Waals surface area (Å²) in [4.78, 5) is 14.5. The third-order valence-corrected chi connectivity index (χ3v) is 3.98. The number of hydrogen-bond donors (Lipinski definition) is 1. The van der Waals surface area contributed by atoms with E-state index in [1.807, 2.05) is 25.2 Å². The van der Waals surface area contributed by atoms with Crippen LogP contribution in [-0.4, -0.2) is 30.2 Å². The largest absolute Gasteiger partial charge is 0.366 e. The van der Waals surface area contributed by atoms with Crippen LogP contribution in [0.3, 0.4) is 0 Å². The van der Waals surface area contributed by atoms with Crippen LogP contribution >= 0.6 is 0 Å². The summed E-state index contributed by atoms with van der Waals surface area (Å²) in [5.74, 6) is 0. The molecule has 2 heterocycles. The Morgan fingerprint density at radius 1 is 1.37 bits per heavy atom. The van der Waals surface area contributed by atoms with Crippen molar-refractivity contribution in [3.05, 3.63) is 40.7 Å². The summed E-state index contributed by atoms with van der Waals surface area (Å²) in [5.41, 5.74) is 2.11. The summed E-state index contributed by atoms with van der Waals surface area (Å²) in [6, 6.07) is 10.4. The highest BCUT2D eigenvalue weighted by Crippen LogP contribution is 2.26. The van der Waals surface area contributed by atoms with Gasteiger partial charge in [0.25, 0.3) is 5.56 Å². The van der Waals surface area contributed by atoms with Crippen LogP contribution in [0.4, 0.5) is 5.69 Å². The van der Waals surface area contributed by atoms with Gasteiger partial charge < -0.3 is 14.8 Å². The lowest BCUT2D eigenvalue weighted by Gasteiger charge is -2.39. The molecule has 0 atom stereocenters. The number of nitrogens with one attached hydrogen (secondary N) is 1. The minimum absolute atomic E-state index is 0.0550. The summed E-state index contributed by atoms with van der Waals surface area (Å²) >= 11 is 0. The third kappa shape index (κ3) is 1.92. The first-order valence-corrected chi connectivity index (χ1v) is 6.78. The number of nitrogens with zero attached hydrogens (tertiary/aromatic N) is 2. The van der Waals surface area contributed by atoms with E-state index in [2.05, 4.69) is 23.2 Å². The van der Waals surface area contributed by atoms with E-state index < -0.39 is 0 Å². The minimum atomic E-state index is 0.0550. The highest BCUT2D eigenvalue weighted by atomic mass is 16.1. The topological polar surface area (TPSA) is 37.3 Å². The van der Waals surface area contributed by atoms with E-state index in [4.69, 9.17) is 0 Å². The van der Waals surface area contributed by atoms with Crippen LogP contribution in [0.25, 0.3) is 10.9 Å². The smallest absolute Gasteiger partial charge is 0.252 e. The van der Waals surface area contributed by atoms with Crippen molar-refractivity contribution in [2.24, 2.45) is 7.05 Å². The summed E-state index contributed by atoms with van der Waals surface area (Å²) in [6.07, 6.45) is 0. The number of pyridine rings is 1. The molecule has 1 fully saturated rings. The van der Waals surface area contributed by atoms with Crippen molar-refractivity contribution in [2.75, 3.05) is 24.5 Å². The molecule has 4 nitrogen and oxygen atoms in total. The molecule has 0 amide bonds. The van der Waals surface area contributed by atoms with Gasteiger partial charge in [0.15, 0.2) is 0 Å². The number of anilines is 1. The van der Waals surface area contributed by atoms with E-state index >= 15 is 0 Å². The first-order chi connectivity index (χ1) is 9.22. The summed E-state index contributed by atoms with van der Waals surface area (Å²) in [7, 11) is 1.83. The quantitative estimate of drug-likeness (QED) is 0.901. The maximum atomic E-state index is 12.1. The third-order valence-electron chi connectivity index (χ3n) is 3.98. The Balaban J connectivity index is 2.22. The van der Waals surface area contributed by atoms with E-state index in [1.54, 1.807) is 10.6 Å². The number of aryl methyl sites for hydroxylation is 1. The minimum Gasteiger partial charge on any atom is -0.366 e. The molecule has 1 aromatic carbocycles. The zero-order chi connectivity index (χ0) is 13.4. The van der Waals surface area contributed by atoms with Gasteiger partial charge in [-0.15, -0.1) is 0 Å². The first kappa shape index (κ1) is 12.2. The lowest BCUT2D eigenvalue weighted by molar-refractivity contribution is 0.418. The maximum absolute atomic E-state index is 12.1. The second-order valence-electron chi connectivity index (χ2n) is 5.04. The molecule has 19 heavy (non-hydrogen) atoms. The molecule has 0 saturated carbocycles. The van der Waals surface area contributed by atoms with E-state index in [0.717, 1.165) is 36.2 Å². The van der Waals surface area contributed by atoms with Crippen LogP contribution in [0.15, 0.2) is 35.1 Å². The van der Waals surface area contributed by atoms with Crippen molar-refractivity contribution in [1.29, 1.82) is 0 Å². The standard InChI is InChI=1S/C15H19N3O/c1-3-18(11-9-16-10-11)14-8-15(19)17(2)13-7-5-4-6-12(13)14/h4-8,11,16H,3,9-10H2,1-2H3. The normalized spacial score (nSPS) is 15.5. The van der Waals surface area contributed by atoms with Crippen molar-refractivity contribution in [3.63, 3.8) is 0 Å². The van der Waals surface area contributed by atoms with Gasteiger partial charge in [0, 0.05) is 38.1 Å². The molecule has 0 bridgehead atoms. The molecule has 1 aliphatic rings. The Kier molecular flexibility index (Phi) is 3.03. The first-order valence-electron chi connectivity index (χ1n) is 6.78. The van der Waals surface area contributed by atoms with Gasteiger partial charge in [0.1, 0.15) is 0 Å². The molecule has 4 heteroatoms. The Bertz CT molecular complexity index is 658. The van der Waals surface area contributed by atoms with Crippen LogP contribution in [0.1, 0.15) is 6.92 Å². The second kappa shape index (κ2) is 4.70. The van der Waals surface area contributed by atoms with Crippen molar-refractivity contribution in [3.8, 4) is 0 Å². The van der Waals surface area contributed by atoms with Gasteiger partial charge in [0.2, 0.25) is 0 Å². The van der Waals surface area contributed by atoms with Crippen LogP contribution in [0.2, 0.25) is 0 Å². The molecule has 0 aliphatic carbocycles. The fourth-order valence-corrected chi connectivity index (χ4v) is 2.75. The zero-order valence-corrected chi connectivity index (χ0v) is 11.4. The van der Waals surface area contributed by atoms with Crippen LogP contribution < -0.4 is 15.8 Å². The zero-order valence-electron chi connectivity index (χ0n) is 11.4. The SMILES string of the molecule is CCN(c1cc(=O)n(C)c2ccccc12)C1CNC1. The summed E-state index contributed by atoms with van der Waals surface area (Å²) in [6.45, 7) is 5.06. The molecule has 1 aliphatic heterocycles. The molecular weight excluding hydrogens is 238 g/mol. The molecule has 0 spiro atoms. The van der Waals surface area contributed by atoms with Crippen molar-refractivity contribution in [1.82, 2.24) is 9.88 Å². The van der Waals surface area contributed by atoms with E-state index in [9.17, 15) is 4.79 Å². The molecule has 100 valence electrons. The van der Waals surface area contributed by atoms with Crippen LogP contribution in [-0.2, 0) is 7.05 Å². The average molecular weight is 257 g/mol. The fourth-order valence-electron chi connectivity index (χ4n) is 2.75. The number of rotatable bonds is 3. The molecule has 1 saturated heterocycles. The van der Waals surface area contributed by atoms with E-state index in [-0.39, 0.29) is 5.56 Å². The highest BCUT2D eigenvalue weighted by Gasteiger charge is 2.25. The Labute approximate surface area is 112 Å². The number of fused-ring (bicyclic) bond motifs is 1. The van der Waals surface area contributed by atoms with Gasteiger partial charge in [-0.2, -0.15) is 0 Å². The molecule has 2 aromatic rings. The van der Waals surface area contributed by atoms with Gasteiger partial charge in [-0.1, -0.05) is 18.2 Å². The van der Waals surface area contributed by atoms with Crippen molar-refractivity contribution >= 4 is 16.6 Å². The number of likely N-dealkylation sites (N-methyl/N-ethyl adjacent to an activating group) is 1. The fraction of sp³-hybridized carbons (Fsp3) is 0.400. The maximum Gasteiger partial charge on any atom is 0.252 e. The van der Waals surface area contributed by atoms with Gasteiger partial charge in [-0.3, -0.25) is 4.79 Å². The number of para-hydroxylation sites is 1. The highest BCUT2D eigenvalue weighted by molar-refractivity contribution is 5.92. The Morgan fingerprint density at radius 2 is 2.11 bits per heavy atom. The molecule has 3 rings (SSSR count). The molecule has 0 unspecified atom stereocenters. The van der Waals surface area contributed by atoms with Gasteiger partial charge in [-0.25, -0.2) is 0 Å². The Hall–Kier alpha value is -1.81. The lowest BCUT2D eigenvalue weighted by Crippen LogP contribution is -2.57. The molecular formula is C15H19N3O. The monoisotopic (exact) mass is 257 g/mol. The Morgan fingerprint density at radius 3 is 2.74 bits per heavy atom. The van der Waals surface area contributed by atoms with Crippen molar-refractivity contribution < 1.29 is 0 Å². The predicted molar refractivity (Wildman–Crippen MR) is 78.9 cm³/mol. The summed E-state index contributed by atoms with van der Waals surface area (Å²) < 4.78 is 1.71. The predicted octanol–water partition coefficient (Wildman–Crippen LogP) is 1.34.